The Labute approximate surface area is 93.3 Å². The smallest absolute Gasteiger partial charge is 0.371 e. The third kappa shape index (κ3) is 4.27. The van der Waals surface area contributed by atoms with E-state index in [1.165, 1.54) is 0 Å². The van der Waals surface area contributed by atoms with Crippen LogP contribution in [-0.2, 0) is 9.47 Å². The van der Waals surface area contributed by atoms with E-state index in [1.807, 2.05) is 7.05 Å². The highest BCUT2D eigenvalue weighted by molar-refractivity contribution is 4.75. The molecule has 1 rings (SSSR count). The summed E-state index contributed by atoms with van der Waals surface area (Å²) in [6, 6.07) is 0. The van der Waals surface area contributed by atoms with Crippen molar-refractivity contribution in [3.63, 3.8) is 0 Å². The Balaban J connectivity index is 2.20. The third-order valence-electron chi connectivity index (χ3n) is 2.62. The van der Waals surface area contributed by atoms with Crippen molar-refractivity contribution in [2.24, 2.45) is 0 Å². The molecule has 0 aromatic rings. The molecule has 1 heterocycles. The number of rotatable bonds is 5. The van der Waals surface area contributed by atoms with Crippen LogP contribution in [-0.4, -0.2) is 44.7 Å². The zero-order valence-electron chi connectivity index (χ0n) is 9.51. The lowest BCUT2D eigenvalue weighted by atomic mass is 10.2. The highest BCUT2D eigenvalue weighted by atomic mass is 19.4. The van der Waals surface area contributed by atoms with Crippen molar-refractivity contribution < 1.29 is 22.6 Å². The van der Waals surface area contributed by atoms with E-state index in [0.717, 1.165) is 26.3 Å². The fourth-order valence-electron chi connectivity index (χ4n) is 1.63. The lowest BCUT2D eigenvalue weighted by Gasteiger charge is -2.19. The van der Waals surface area contributed by atoms with Crippen molar-refractivity contribution in [2.45, 2.75) is 44.3 Å². The summed E-state index contributed by atoms with van der Waals surface area (Å²) in [7, 11) is 1.82. The van der Waals surface area contributed by atoms with E-state index in [-0.39, 0.29) is 18.8 Å². The Morgan fingerprint density at radius 1 is 1.38 bits per heavy atom. The summed E-state index contributed by atoms with van der Waals surface area (Å²) in [5, 5.41) is 2.97. The van der Waals surface area contributed by atoms with Gasteiger partial charge in [-0.15, -0.1) is 0 Å². The van der Waals surface area contributed by atoms with Crippen LogP contribution >= 0.6 is 0 Å². The number of halogens is 3. The van der Waals surface area contributed by atoms with Gasteiger partial charge in [-0.05, 0) is 26.8 Å². The standard InChI is InChI=1S/C10H18F3NO2/c1-7(10(11,12)13)15-6-9-4-3-8(16-9)5-14-2/h7-9,14H,3-6H2,1-2H3. The van der Waals surface area contributed by atoms with Gasteiger partial charge >= 0.3 is 6.18 Å². The van der Waals surface area contributed by atoms with Gasteiger partial charge in [-0.25, -0.2) is 0 Å². The van der Waals surface area contributed by atoms with Crippen LogP contribution in [0.3, 0.4) is 0 Å². The molecule has 1 aliphatic heterocycles. The first-order valence-corrected chi connectivity index (χ1v) is 5.42. The maximum atomic E-state index is 12.1. The van der Waals surface area contributed by atoms with Crippen molar-refractivity contribution in [1.29, 1.82) is 0 Å². The van der Waals surface area contributed by atoms with Crippen LogP contribution in [0, 0.1) is 0 Å². The van der Waals surface area contributed by atoms with Gasteiger partial charge in [-0.1, -0.05) is 0 Å². The minimum Gasteiger partial charge on any atom is -0.371 e. The average molecular weight is 241 g/mol. The number of alkyl halides is 3. The van der Waals surface area contributed by atoms with E-state index in [2.05, 4.69) is 5.32 Å². The van der Waals surface area contributed by atoms with E-state index < -0.39 is 12.3 Å². The molecule has 1 aliphatic rings. The van der Waals surface area contributed by atoms with Crippen molar-refractivity contribution in [3.05, 3.63) is 0 Å². The molecule has 1 fully saturated rings. The molecule has 96 valence electrons. The van der Waals surface area contributed by atoms with Crippen LogP contribution in [0.15, 0.2) is 0 Å². The fraction of sp³-hybridized carbons (Fsp3) is 1.00. The molecular weight excluding hydrogens is 223 g/mol. The molecule has 0 radical (unpaired) electrons. The van der Waals surface area contributed by atoms with Crippen molar-refractivity contribution in [2.75, 3.05) is 20.2 Å². The van der Waals surface area contributed by atoms with Gasteiger partial charge < -0.3 is 14.8 Å². The Morgan fingerprint density at radius 2 is 2.00 bits per heavy atom. The van der Waals surface area contributed by atoms with Crippen LogP contribution in [0.2, 0.25) is 0 Å². The first-order chi connectivity index (χ1) is 7.43. The molecule has 16 heavy (non-hydrogen) atoms. The summed E-state index contributed by atoms with van der Waals surface area (Å²) in [4.78, 5) is 0. The summed E-state index contributed by atoms with van der Waals surface area (Å²) >= 11 is 0. The number of hydrogen-bond donors (Lipinski definition) is 1. The number of nitrogens with one attached hydrogen (secondary N) is 1. The van der Waals surface area contributed by atoms with Gasteiger partial charge in [0, 0.05) is 6.54 Å². The zero-order chi connectivity index (χ0) is 12.2. The van der Waals surface area contributed by atoms with Crippen molar-refractivity contribution in [3.8, 4) is 0 Å². The molecule has 0 bridgehead atoms. The highest BCUT2D eigenvalue weighted by Gasteiger charge is 2.37. The zero-order valence-corrected chi connectivity index (χ0v) is 9.51. The SMILES string of the molecule is CNCC1CCC(COC(C)C(F)(F)F)O1. The second-order valence-corrected chi connectivity index (χ2v) is 4.03. The Kier molecular flexibility index (Phi) is 5.01. The molecular formula is C10H18F3NO2. The molecule has 3 nitrogen and oxygen atoms in total. The summed E-state index contributed by atoms with van der Waals surface area (Å²) in [5.41, 5.74) is 0. The topological polar surface area (TPSA) is 30.5 Å². The van der Waals surface area contributed by atoms with E-state index >= 15 is 0 Å². The van der Waals surface area contributed by atoms with Crippen molar-refractivity contribution >= 4 is 0 Å². The second kappa shape index (κ2) is 5.84. The first kappa shape index (κ1) is 13.7. The number of likely N-dealkylation sites (N-methyl/N-ethyl adjacent to an activating group) is 1. The predicted octanol–water partition coefficient (Wildman–Crippen LogP) is 1.72. The molecule has 0 aliphatic carbocycles. The lowest BCUT2D eigenvalue weighted by Crippen LogP contribution is -2.32. The summed E-state index contributed by atoms with van der Waals surface area (Å²) in [6.07, 6.45) is -4.49. The van der Waals surface area contributed by atoms with Crippen LogP contribution < -0.4 is 5.32 Å². The molecule has 3 unspecified atom stereocenters. The largest absolute Gasteiger partial charge is 0.414 e. The third-order valence-corrected chi connectivity index (χ3v) is 2.62. The van der Waals surface area contributed by atoms with Gasteiger partial charge in [-0.3, -0.25) is 0 Å². The van der Waals surface area contributed by atoms with Crippen LogP contribution in [0.4, 0.5) is 13.2 Å². The maximum Gasteiger partial charge on any atom is 0.414 e. The number of hydrogen-bond acceptors (Lipinski definition) is 3. The molecule has 0 spiro atoms. The predicted molar refractivity (Wildman–Crippen MR) is 53.3 cm³/mol. The van der Waals surface area contributed by atoms with Gasteiger partial charge in [0.2, 0.25) is 0 Å². The van der Waals surface area contributed by atoms with Gasteiger partial charge in [0.15, 0.2) is 6.10 Å². The van der Waals surface area contributed by atoms with Gasteiger partial charge in [0.25, 0.3) is 0 Å². The lowest BCUT2D eigenvalue weighted by molar-refractivity contribution is -0.220. The molecule has 1 saturated heterocycles. The van der Waals surface area contributed by atoms with E-state index in [9.17, 15) is 13.2 Å². The van der Waals surface area contributed by atoms with Crippen molar-refractivity contribution in [1.82, 2.24) is 5.32 Å². The second-order valence-electron chi connectivity index (χ2n) is 4.03. The molecule has 0 saturated carbocycles. The monoisotopic (exact) mass is 241 g/mol. The Hall–Kier alpha value is -0.330. The van der Waals surface area contributed by atoms with Gasteiger partial charge in [0.05, 0.1) is 18.8 Å². The van der Waals surface area contributed by atoms with Crippen LogP contribution in [0.1, 0.15) is 19.8 Å². The highest BCUT2D eigenvalue weighted by Crippen LogP contribution is 2.24. The normalized spacial score (nSPS) is 28.3. The minimum absolute atomic E-state index is 0.0148. The minimum atomic E-state index is -4.29. The fourth-order valence-corrected chi connectivity index (χ4v) is 1.63. The molecule has 1 N–H and O–H groups in total. The summed E-state index contributed by atoms with van der Waals surface area (Å²) < 4.78 is 46.7. The molecule has 0 aromatic carbocycles. The average Bonchev–Trinajstić information content (AvgIpc) is 2.61. The van der Waals surface area contributed by atoms with Crippen LogP contribution in [0.5, 0.6) is 0 Å². The summed E-state index contributed by atoms with van der Waals surface area (Å²) in [6.45, 7) is 1.76. The first-order valence-electron chi connectivity index (χ1n) is 5.42. The maximum absolute atomic E-state index is 12.1. The summed E-state index contributed by atoms with van der Waals surface area (Å²) in [5.74, 6) is 0. The van der Waals surface area contributed by atoms with E-state index in [0.29, 0.717) is 0 Å². The molecule has 6 heteroatoms. The van der Waals surface area contributed by atoms with Gasteiger partial charge in [-0.2, -0.15) is 13.2 Å². The van der Waals surface area contributed by atoms with E-state index in [1.54, 1.807) is 0 Å². The molecule has 0 amide bonds. The Bertz CT molecular complexity index is 211. The quantitative estimate of drug-likeness (QED) is 0.795. The van der Waals surface area contributed by atoms with Gasteiger partial charge in [0.1, 0.15) is 0 Å². The van der Waals surface area contributed by atoms with E-state index in [4.69, 9.17) is 9.47 Å². The molecule has 3 atom stereocenters. The Morgan fingerprint density at radius 3 is 2.56 bits per heavy atom. The molecule has 0 aromatic heterocycles. The van der Waals surface area contributed by atoms with Crippen LogP contribution in [0.25, 0.3) is 0 Å². The number of ether oxygens (including phenoxy) is 2.